The Hall–Kier alpha value is -1.66. The van der Waals surface area contributed by atoms with Crippen molar-refractivity contribution in [2.45, 2.75) is 10.9 Å². The van der Waals surface area contributed by atoms with Gasteiger partial charge in [-0.1, -0.05) is 12.1 Å². The highest BCUT2D eigenvalue weighted by Gasteiger charge is 2.17. The number of thioether (sulfide) groups is 1. The van der Waals surface area contributed by atoms with E-state index < -0.39 is 0 Å². The second-order valence-electron chi connectivity index (χ2n) is 4.03. The third kappa shape index (κ3) is 3.46. The lowest BCUT2D eigenvalue weighted by molar-refractivity contribution is 0.383. The van der Waals surface area contributed by atoms with Crippen molar-refractivity contribution in [2.24, 2.45) is 0 Å². The minimum atomic E-state index is -0.210. The normalized spacial score (nSPS) is 12.2. The third-order valence-electron chi connectivity index (χ3n) is 2.81. The van der Waals surface area contributed by atoms with Crippen LogP contribution in [0.25, 0.3) is 0 Å². The molecule has 0 aliphatic heterocycles. The summed E-state index contributed by atoms with van der Waals surface area (Å²) < 4.78 is 18.8. The zero-order valence-corrected chi connectivity index (χ0v) is 12.2. The predicted octanol–water partition coefficient (Wildman–Crippen LogP) is 2.68. The van der Waals surface area contributed by atoms with E-state index in [4.69, 9.17) is 4.74 Å². The van der Waals surface area contributed by atoms with Crippen LogP contribution in [0.5, 0.6) is 5.88 Å². The first-order chi connectivity index (χ1) is 9.76. The molecule has 0 aliphatic carbocycles. The summed E-state index contributed by atoms with van der Waals surface area (Å²) in [4.78, 5) is 9.05. The van der Waals surface area contributed by atoms with Gasteiger partial charge in [-0.2, -0.15) is 0 Å². The van der Waals surface area contributed by atoms with Gasteiger partial charge in [-0.3, -0.25) is 4.98 Å². The number of rotatable bonds is 6. The van der Waals surface area contributed by atoms with Gasteiger partial charge in [0.15, 0.2) is 0 Å². The maximum atomic E-state index is 13.6. The smallest absolute Gasteiger partial charge is 0.237 e. The molecule has 0 radical (unpaired) electrons. The highest BCUT2D eigenvalue weighted by molar-refractivity contribution is 7.99. The molecule has 1 aromatic heterocycles. The molecule has 106 valence electrons. The van der Waals surface area contributed by atoms with Crippen molar-refractivity contribution in [1.82, 2.24) is 15.3 Å². The van der Waals surface area contributed by atoms with Crippen molar-refractivity contribution in [2.75, 3.05) is 19.9 Å². The molecule has 0 amide bonds. The summed E-state index contributed by atoms with van der Waals surface area (Å²) in [7, 11) is 3.39. The number of benzene rings is 1. The largest absolute Gasteiger partial charge is 0.480 e. The van der Waals surface area contributed by atoms with E-state index in [9.17, 15) is 4.39 Å². The summed E-state index contributed by atoms with van der Waals surface area (Å²) in [5.41, 5.74) is 0.723. The zero-order chi connectivity index (χ0) is 14.4. The second-order valence-corrected chi connectivity index (χ2v) is 5.10. The van der Waals surface area contributed by atoms with Gasteiger partial charge in [0.2, 0.25) is 5.88 Å². The molecule has 20 heavy (non-hydrogen) atoms. The number of methoxy groups -OCH3 is 1. The first-order valence-corrected chi connectivity index (χ1v) is 7.14. The van der Waals surface area contributed by atoms with Crippen molar-refractivity contribution >= 4 is 11.8 Å². The van der Waals surface area contributed by atoms with Gasteiger partial charge in [0.05, 0.1) is 13.2 Å². The van der Waals surface area contributed by atoms with Crippen LogP contribution in [-0.2, 0) is 0 Å². The average molecular weight is 293 g/mol. The number of aromatic nitrogens is 2. The Morgan fingerprint density at radius 1 is 1.30 bits per heavy atom. The first kappa shape index (κ1) is 14.7. The Balaban J connectivity index is 2.11. The van der Waals surface area contributed by atoms with Gasteiger partial charge < -0.3 is 10.1 Å². The van der Waals surface area contributed by atoms with E-state index in [-0.39, 0.29) is 11.9 Å². The van der Waals surface area contributed by atoms with Crippen LogP contribution < -0.4 is 10.1 Å². The fraction of sp³-hybridized carbons (Fsp3) is 0.286. The van der Waals surface area contributed by atoms with E-state index in [0.717, 1.165) is 5.69 Å². The van der Waals surface area contributed by atoms with E-state index in [0.29, 0.717) is 16.5 Å². The standard InChI is InChI=1S/C14H16FN3OS/c1-16-11(13-14(19-2)18-8-7-17-13)9-20-12-6-4-3-5-10(12)15/h3-8,11,16H,9H2,1-2H3. The Morgan fingerprint density at radius 3 is 2.75 bits per heavy atom. The Labute approximate surface area is 121 Å². The molecule has 0 spiro atoms. The summed E-state index contributed by atoms with van der Waals surface area (Å²) in [6.07, 6.45) is 3.20. The summed E-state index contributed by atoms with van der Waals surface area (Å²) >= 11 is 1.43. The molecule has 0 fully saturated rings. The number of nitrogens with zero attached hydrogens (tertiary/aromatic N) is 2. The molecule has 0 aliphatic rings. The van der Waals surface area contributed by atoms with E-state index >= 15 is 0 Å². The van der Waals surface area contributed by atoms with Crippen molar-refractivity contribution < 1.29 is 9.13 Å². The lowest BCUT2D eigenvalue weighted by Gasteiger charge is -2.17. The molecule has 1 heterocycles. The molecular formula is C14H16FN3OS. The van der Waals surface area contributed by atoms with E-state index in [2.05, 4.69) is 15.3 Å². The maximum absolute atomic E-state index is 13.6. The molecule has 2 aromatic rings. The molecule has 1 atom stereocenters. The molecular weight excluding hydrogens is 277 g/mol. The monoisotopic (exact) mass is 293 g/mol. The summed E-state index contributed by atoms with van der Waals surface area (Å²) in [5.74, 6) is 0.909. The fourth-order valence-electron chi connectivity index (χ4n) is 1.77. The van der Waals surface area contributed by atoms with Crippen LogP contribution in [0.1, 0.15) is 11.7 Å². The molecule has 0 saturated heterocycles. The Morgan fingerprint density at radius 2 is 2.05 bits per heavy atom. The minimum absolute atomic E-state index is 0.0664. The lowest BCUT2D eigenvalue weighted by atomic mass is 10.2. The number of ether oxygens (including phenoxy) is 1. The SMILES string of the molecule is CNC(CSc1ccccc1F)c1nccnc1OC. The molecule has 6 heteroatoms. The highest BCUT2D eigenvalue weighted by Crippen LogP contribution is 2.28. The second kappa shape index (κ2) is 7.21. The topological polar surface area (TPSA) is 47.0 Å². The lowest BCUT2D eigenvalue weighted by Crippen LogP contribution is -2.21. The van der Waals surface area contributed by atoms with Crippen molar-refractivity contribution in [3.63, 3.8) is 0 Å². The number of halogens is 1. The molecule has 1 unspecified atom stereocenters. The molecule has 4 nitrogen and oxygen atoms in total. The van der Waals surface area contributed by atoms with Gasteiger partial charge in [0, 0.05) is 23.0 Å². The number of nitrogens with one attached hydrogen (secondary N) is 1. The Kier molecular flexibility index (Phi) is 5.31. The van der Waals surface area contributed by atoms with Gasteiger partial charge >= 0.3 is 0 Å². The van der Waals surface area contributed by atoms with E-state index in [1.165, 1.54) is 17.8 Å². The summed E-state index contributed by atoms with van der Waals surface area (Å²) in [5, 5.41) is 3.16. The number of hydrogen-bond donors (Lipinski definition) is 1. The summed E-state index contributed by atoms with van der Waals surface area (Å²) in [6, 6.07) is 6.66. The van der Waals surface area contributed by atoms with Crippen LogP contribution in [0, 0.1) is 5.82 Å². The zero-order valence-electron chi connectivity index (χ0n) is 11.3. The van der Waals surface area contributed by atoms with Crippen molar-refractivity contribution in [3.05, 3.63) is 48.2 Å². The molecule has 0 bridgehead atoms. The van der Waals surface area contributed by atoms with Crippen molar-refractivity contribution in [3.8, 4) is 5.88 Å². The van der Waals surface area contributed by atoms with E-state index in [1.54, 1.807) is 31.6 Å². The van der Waals surface area contributed by atoms with Gasteiger partial charge in [-0.05, 0) is 19.2 Å². The average Bonchev–Trinajstić information content (AvgIpc) is 2.50. The summed E-state index contributed by atoms with van der Waals surface area (Å²) in [6.45, 7) is 0. The van der Waals surface area contributed by atoms with Crippen LogP contribution in [-0.4, -0.2) is 29.9 Å². The van der Waals surface area contributed by atoms with Gasteiger partial charge in [-0.15, -0.1) is 11.8 Å². The van der Waals surface area contributed by atoms with Crippen LogP contribution >= 0.6 is 11.8 Å². The molecule has 1 N–H and O–H groups in total. The van der Waals surface area contributed by atoms with Crippen LogP contribution in [0.4, 0.5) is 4.39 Å². The van der Waals surface area contributed by atoms with Crippen LogP contribution in [0.2, 0.25) is 0 Å². The fourth-order valence-corrected chi connectivity index (χ4v) is 2.82. The van der Waals surface area contributed by atoms with Gasteiger partial charge in [0.1, 0.15) is 11.5 Å². The third-order valence-corrected chi connectivity index (χ3v) is 3.95. The molecule has 1 aromatic carbocycles. The van der Waals surface area contributed by atoms with E-state index in [1.807, 2.05) is 13.1 Å². The van der Waals surface area contributed by atoms with Gasteiger partial charge in [0.25, 0.3) is 0 Å². The molecule has 0 saturated carbocycles. The van der Waals surface area contributed by atoms with Crippen LogP contribution in [0.3, 0.4) is 0 Å². The molecule has 2 rings (SSSR count). The Bertz CT molecular complexity index is 568. The first-order valence-electron chi connectivity index (χ1n) is 6.15. The maximum Gasteiger partial charge on any atom is 0.237 e. The van der Waals surface area contributed by atoms with Gasteiger partial charge in [-0.25, -0.2) is 9.37 Å². The predicted molar refractivity (Wildman–Crippen MR) is 77.5 cm³/mol. The quantitative estimate of drug-likeness (QED) is 0.830. The van der Waals surface area contributed by atoms with Crippen LogP contribution in [0.15, 0.2) is 41.6 Å². The highest BCUT2D eigenvalue weighted by atomic mass is 32.2. The minimum Gasteiger partial charge on any atom is -0.480 e. The number of hydrogen-bond acceptors (Lipinski definition) is 5. The van der Waals surface area contributed by atoms with Crippen molar-refractivity contribution in [1.29, 1.82) is 0 Å².